The van der Waals surface area contributed by atoms with E-state index < -0.39 is 17.6 Å². The fourth-order valence-electron chi connectivity index (χ4n) is 2.37. The first-order valence-corrected chi connectivity index (χ1v) is 7.87. The van der Waals surface area contributed by atoms with Gasteiger partial charge in [-0.1, -0.05) is 6.07 Å². The smallest absolute Gasteiger partial charge is 0.416 e. The SMILES string of the molecule is Cc1nn(C)cc1NC(=O)c1ccn(COc2cccc(C(F)(F)F)c2)n1. The number of alkyl halides is 3. The molecule has 3 aromatic rings. The van der Waals surface area contributed by atoms with Gasteiger partial charge in [0.15, 0.2) is 12.4 Å². The van der Waals surface area contributed by atoms with Crippen molar-refractivity contribution in [3.05, 3.63) is 59.7 Å². The van der Waals surface area contributed by atoms with Gasteiger partial charge in [-0.15, -0.1) is 0 Å². The molecule has 7 nitrogen and oxygen atoms in total. The minimum Gasteiger partial charge on any atom is -0.471 e. The van der Waals surface area contributed by atoms with Crippen molar-refractivity contribution in [2.45, 2.75) is 19.8 Å². The van der Waals surface area contributed by atoms with Crippen molar-refractivity contribution in [2.24, 2.45) is 7.05 Å². The summed E-state index contributed by atoms with van der Waals surface area (Å²) in [6.45, 7) is 1.62. The van der Waals surface area contributed by atoms with Gasteiger partial charge in [0.25, 0.3) is 5.91 Å². The van der Waals surface area contributed by atoms with Gasteiger partial charge in [-0.2, -0.15) is 23.4 Å². The second-order valence-electron chi connectivity index (χ2n) is 5.80. The summed E-state index contributed by atoms with van der Waals surface area (Å²) in [5.41, 5.74) is 0.577. The van der Waals surface area contributed by atoms with Crippen LogP contribution < -0.4 is 10.1 Å². The maximum Gasteiger partial charge on any atom is 0.416 e. The first-order chi connectivity index (χ1) is 12.7. The number of ether oxygens (including phenoxy) is 1. The Bertz CT molecular complexity index is 962. The Morgan fingerprint density at radius 1 is 1.26 bits per heavy atom. The van der Waals surface area contributed by atoms with E-state index in [4.69, 9.17) is 4.74 Å². The van der Waals surface area contributed by atoms with Gasteiger partial charge in [-0.25, -0.2) is 4.68 Å². The summed E-state index contributed by atoms with van der Waals surface area (Å²) in [6.07, 6.45) is -1.28. The first-order valence-electron chi connectivity index (χ1n) is 7.87. The number of hydrogen-bond donors (Lipinski definition) is 1. The topological polar surface area (TPSA) is 74.0 Å². The Morgan fingerprint density at radius 2 is 2.04 bits per heavy atom. The molecule has 0 unspecified atom stereocenters. The van der Waals surface area contributed by atoms with Gasteiger partial charge in [0.1, 0.15) is 5.75 Å². The monoisotopic (exact) mass is 379 g/mol. The summed E-state index contributed by atoms with van der Waals surface area (Å²) in [5, 5.41) is 10.9. The van der Waals surface area contributed by atoms with Gasteiger partial charge in [0.05, 0.1) is 16.9 Å². The van der Waals surface area contributed by atoms with E-state index in [1.54, 1.807) is 24.9 Å². The molecule has 0 saturated carbocycles. The molecule has 1 N–H and O–H groups in total. The molecule has 1 aromatic carbocycles. The number of carbonyl (C=O) groups is 1. The highest BCUT2D eigenvalue weighted by molar-refractivity contribution is 6.03. The van der Waals surface area contributed by atoms with Crippen LogP contribution in [0.15, 0.2) is 42.7 Å². The van der Waals surface area contributed by atoms with Gasteiger partial charge >= 0.3 is 6.18 Å². The van der Waals surface area contributed by atoms with Crippen LogP contribution in [-0.4, -0.2) is 25.5 Å². The lowest BCUT2D eigenvalue weighted by Gasteiger charge is -2.10. The summed E-state index contributed by atoms with van der Waals surface area (Å²) in [4.78, 5) is 12.2. The predicted molar refractivity (Wildman–Crippen MR) is 90.2 cm³/mol. The number of anilines is 1. The molecule has 2 heterocycles. The van der Waals surface area contributed by atoms with Gasteiger partial charge in [0.2, 0.25) is 0 Å². The molecule has 0 spiro atoms. The second kappa shape index (κ2) is 7.14. The summed E-state index contributed by atoms with van der Waals surface area (Å²) in [6, 6.07) is 6.02. The van der Waals surface area contributed by atoms with Crippen LogP contribution in [0.3, 0.4) is 0 Å². The van der Waals surface area contributed by atoms with Gasteiger partial charge in [0, 0.05) is 19.4 Å². The van der Waals surface area contributed by atoms with Crippen molar-refractivity contribution < 1.29 is 22.7 Å². The lowest BCUT2D eigenvalue weighted by atomic mass is 10.2. The minimum atomic E-state index is -4.44. The Hall–Kier alpha value is -3.30. The van der Waals surface area contributed by atoms with E-state index in [0.29, 0.717) is 11.4 Å². The fourth-order valence-corrected chi connectivity index (χ4v) is 2.37. The van der Waals surface area contributed by atoms with Crippen LogP contribution in [0.4, 0.5) is 18.9 Å². The molecule has 2 aromatic heterocycles. The third-order valence-corrected chi connectivity index (χ3v) is 3.66. The van der Waals surface area contributed by atoms with Crippen LogP contribution >= 0.6 is 0 Å². The molecular formula is C17H16F3N5O2. The third kappa shape index (κ3) is 4.46. The maximum atomic E-state index is 12.7. The average Bonchev–Trinajstić information content (AvgIpc) is 3.19. The number of aryl methyl sites for hydroxylation is 2. The zero-order valence-electron chi connectivity index (χ0n) is 14.5. The normalized spacial score (nSPS) is 11.4. The Balaban J connectivity index is 1.63. The molecule has 10 heteroatoms. The molecule has 0 saturated heterocycles. The van der Waals surface area contributed by atoms with Crippen molar-refractivity contribution in [2.75, 3.05) is 5.32 Å². The molecule has 27 heavy (non-hydrogen) atoms. The summed E-state index contributed by atoms with van der Waals surface area (Å²) in [5.74, 6) is -0.374. The highest BCUT2D eigenvalue weighted by Crippen LogP contribution is 2.31. The van der Waals surface area contributed by atoms with Crippen LogP contribution in [0.25, 0.3) is 0 Å². The van der Waals surface area contributed by atoms with Crippen LogP contribution in [-0.2, 0) is 20.0 Å². The standard InChI is InChI=1S/C17H16F3N5O2/c1-11-15(9-24(2)22-11)21-16(26)14-6-7-25(23-14)10-27-13-5-3-4-12(8-13)17(18,19)20/h3-9H,10H2,1-2H3,(H,21,26). The number of hydrogen-bond acceptors (Lipinski definition) is 4. The third-order valence-electron chi connectivity index (χ3n) is 3.66. The van der Waals surface area contributed by atoms with Crippen LogP contribution in [0, 0.1) is 6.92 Å². The minimum absolute atomic E-state index is 0.0531. The van der Waals surface area contributed by atoms with E-state index in [-0.39, 0.29) is 18.2 Å². The number of benzene rings is 1. The molecule has 0 bridgehead atoms. The summed E-state index contributed by atoms with van der Waals surface area (Å²) in [7, 11) is 1.74. The Labute approximate surface area is 152 Å². The van der Waals surface area contributed by atoms with E-state index in [1.165, 1.54) is 29.1 Å². The van der Waals surface area contributed by atoms with Gasteiger partial charge in [-0.3, -0.25) is 9.48 Å². The van der Waals surface area contributed by atoms with Crippen molar-refractivity contribution in [1.82, 2.24) is 19.6 Å². The van der Waals surface area contributed by atoms with Crippen molar-refractivity contribution in [3.8, 4) is 5.75 Å². The van der Waals surface area contributed by atoms with Crippen molar-refractivity contribution >= 4 is 11.6 Å². The Kier molecular flexibility index (Phi) is 4.89. The van der Waals surface area contributed by atoms with E-state index >= 15 is 0 Å². The van der Waals surface area contributed by atoms with Crippen molar-refractivity contribution in [3.63, 3.8) is 0 Å². The summed E-state index contributed by atoms with van der Waals surface area (Å²) >= 11 is 0. The van der Waals surface area contributed by atoms with E-state index in [0.717, 1.165) is 12.1 Å². The number of amides is 1. The molecule has 142 valence electrons. The molecule has 1 amide bonds. The number of aromatic nitrogens is 4. The van der Waals surface area contributed by atoms with Crippen LogP contribution in [0.5, 0.6) is 5.75 Å². The molecule has 0 aliphatic heterocycles. The highest BCUT2D eigenvalue weighted by atomic mass is 19.4. The van der Waals surface area contributed by atoms with Gasteiger partial charge in [-0.05, 0) is 31.2 Å². The van der Waals surface area contributed by atoms with E-state index in [2.05, 4.69) is 15.5 Å². The molecule has 0 aliphatic rings. The largest absolute Gasteiger partial charge is 0.471 e. The Morgan fingerprint density at radius 3 is 2.70 bits per heavy atom. The molecule has 0 atom stereocenters. The molecular weight excluding hydrogens is 363 g/mol. The zero-order valence-corrected chi connectivity index (χ0v) is 14.5. The number of nitrogens with one attached hydrogen (secondary N) is 1. The van der Waals surface area contributed by atoms with Gasteiger partial charge < -0.3 is 10.1 Å². The maximum absolute atomic E-state index is 12.7. The lowest BCUT2D eigenvalue weighted by Crippen LogP contribution is -2.14. The number of rotatable bonds is 5. The lowest BCUT2D eigenvalue weighted by molar-refractivity contribution is -0.137. The second-order valence-corrected chi connectivity index (χ2v) is 5.80. The van der Waals surface area contributed by atoms with E-state index in [9.17, 15) is 18.0 Å². The average molecular weight is 379 g/mol. The van der Waals surface area contributed by atoms with Crippen molar-refractivity contribution in [1.29, 1.82) is 0 Å². The first kappa shape index (κ1) is 18.5. The number of halogens is 3. The number of carbonyl (C=O) groups excluding carboxylic acids is 1. The fraction of sp³-hybridized carbons (Fsp3) is 0.235. The predicted octanol–water partition coefficient (Wildman–Crippen LogP) is 3.23. The summed E-state index contributed by atoms with van der Waals surface area (Å²) < 4.78 is 46.3. The molecule has 0 radical (unpaired) electrons. The number of nitrogens with zero attached hydrogens (tertiary/aromatic N) is 4. The zero-order chi connectivity index (χ0) is 19.6. The van der Waals surface area contributed by atoms with Crippen LogP contribution in [0.2, 0.25) is 0 Å². The molecule has 3 rings (SSSR count). The van der Waals surface area contributed by atoms with Crippen LogP contribution in [0.1, 0.15) is 21.7 Å². The quantitative estimate of drug-likeness (QED) is 0.739. The molecule has 0 aliphatic carbocycles. The van der Waals surface area contributed by atoms with E-state index in [1.807, 2.05) is 0 Å². The molecule has 0 fully saturated rings. The highest BCUT2D eigenvalue weighted by Gasteiger charge is 2.30.